The van der Waals surface area contributed by atoms with Gasteiger partial charge in [-0.3, -0.25) is 57.5 Å². The van der Waals surface area contributed by atoms with Crippen molar-refractivity contribution in [3.63, 3.8) is 0 Å². The van der Waals surface area contributed by atoms with Gasteiger partial charge in [-0.25, -0.2) is 9.97 Å². The fourth-order valence-corrected chi connectivity index (χ4v) is 14.4. The van der Waals surface area contributed by atoms with Crippen molar-refractivity contribution < 1.29 is 143 Å². The standard InChI is InChI=1S/C86H84N4O30/c1-41(91)103-38-68-75(106-44(4)94)78(109-47(7)97)81(112-50(10)100)84(118-68)115-57-24-18-54(19-25-57)72-62-32-30-60(87-62)71(53-16-14-13-15-17-53)61-31-33-63(88-61)73(55-20-26-58(27-21-55)116-85-82(113-51(11)101)79(110-48(8)98)76(107-45(5)95)69(119-85)39-104-42(2)92)65-35-37-67(90-65)74(66-36-34-64(72)89-66)56-22-28-59(29-23-56)117-86-83(114-52(12)102)80(111-49(9)99)77(108-46(6)96)70(120-86)40-105-43(3)93/h13-37,68-70,75-87,90H,38-40H2,1-12H3/t68-,69-,70-,75+,76+,77+,78+,79+,80+,81-,82-,83-,84-,85-,86-/m1/s1. The molecule has 5 aliphatic heterocycles. The van der Waals surface area contributed by atoms with Crippen molar-refractivity contribution in [2.24, 2.45) is 0 Å². The summed E-state index contributed by atoms with van der Waals surface area (Å²) in [5, 5.41) is 0. The van der Waals surface area contributed by atoms with Crippen LogP contribution in [-0.2, 0) is 129 Å². The van der Waals surface area contributed by atoms with Crippen LogP contribution in [0.3, 0.4) is 0 Å². The molecule has 2 N–H and O–H groups in total. The van der Waals surface area contributed by atoms with Gasteiger partial charge in [-0.2, -0.15) is 0 Å². The number of fused-ring (bicyclic) bond motifs is 8. The minimum atomic E-state index is -1.60. The minimum absolute atomic E-state index is 0.110. The normalized spacial score (nSPS) is 22.8. The van der Waals surface area contributed by atoms with E-state index in [4.69, 9.17) is 95.2 Å². The molecule has 12 rings (SSSR count). The van der Waals surface area contributed by atoms with Crippen LogP contribution >= 0.6 is 0 Å². The second-order valence-electron chi connectivity index (χ2n) is 28.0. The number of carbonyl (C=O) groups excluding carboxylic acids is 12. The lowest BCUT2D eigenvalue weighted by atomic mass is 9.98. The van der Waals surface area contributed by atoms with Crippen LogP contribution in [0.2, 0.25) is 0 Å². The van der Waals surface area contributed by atoms with Crippen LogP contribution in [0, 0.1) is 0 Å². The van der Waals surface area contributed by atoms with Gasteiger partial charge < -0.3 is 95.2 Å². The van der Waals surface area contributed by atoms with Crippen LogP contribution in [0.1, 0.15) is 106 Å². The van der Waals surface area contributed by atoms with Gasteiger partial charge in [0.05, 0.1) is 22.8 Å². The molecule has 0 saturated carbocycles. The summed E-state index contributed by atoms with van der Waals surface area (Å²) in [5.41, 5.74) is 8.75. The third-order valence-electron chi connectivity index (χ3n) is 18.8. The Morgan fingerprint density at radius 2 is 0.483 bits per heavy atom. The summed E-state index contributed by atoms with van der Waals surface area (Å²) in [4.78, 5) is 169. The molecular formula is C86H84N4O30. The van der Waals surface area contributed by atoms with Gasteiger partial charge >= 0.3 is 71.6 Å². The highest BCUT2D eigenvalue weighted by Gasteiger charge is 2.57. The van der Waals surface area contributed by atoms with Crippen molar-refractivity contribution in [3.05, 3.63) is 150 Å². The Bertz CT molecular complexity index is 5190. The van der Waals surface area contributed by atoms with E-state index in [1.807, 2.05) is 78.9 Å². The SMILES string of the molecule is CC(=O)OC[C@H]1O[C@@H](Oc2ccc(-c3c4nc(c(-c5ccc(O[C@@H]6O[C@H](COC(C)=O)[C@H](OC(C)=O)[C@H](OC(C)=O)[C@H]6OC(C)=O)cc5)c5ccc([nH]5)c(-c5ccc(O[C@@H]6O[C@H](COC(C)=O)[C@H](OC(C)=O)[C@H](OC(C)=O)[C@H]6OC(C)=O)cc5)c5nc(c(-c6ccccc6)c6ccc3[nH]6)C=C5)C=C4)cc2)[C@H](OC(C)=O)[C@@H](OC(C)=O)[C@H]1OC(C)=O. The number of esters is 12. The number of hydrogen-bond donors (Lipinski definition) is 2. The molecule has 120 heavy (non-hydrogen) atoms. The predicted molar refractivity (Wildman–Crippen MR) is 418 cm³/mol. The van der Waals surface area contributed by atoms with Crippen LogP contribution in [0.4, 0.5) is 0 Å². The number of ether oxygens (including phenoxy) is 18. The number of aromatic nitrogens is 4. The molecule has 34 nitrogen and oxygen atoms in total. The molecule has 0 unspecified atom stereocenters. The van der Waals surface area contributed by atoms with Crippen LogP contribution in [0.25, 0.3) is 90.9 Å². The number of nitrogens with zero attached hydrogens (tertiary/aromatic N) is 2. The molecule has 3 aromatic heterocycles. The third-order valence-corrected chi connectivity index (χ3v) is 18.8. The van der Waals surface area contributed by atoms with Crippen molar-refractivity contribution in [3.8, 4) is 61.8 Å². The van der Waals surface area contributed by atoms with Gasteiger partial charge in [0, 0.05) is 127 Å². The van der Waals surface area contributed by atoms with Gasteiger partial charge in [0.15, 0.2) is 36.6 Å². The fourth-order valence-electron chi connectivity index (χ4n) is 14.4. The summed E-state index contributed by atoms with van der Waals surface area (Å²) in [5.74, 6) is -9.25. The van der Waals surface area contributed by atoms with Crippen LogP contribution in [0.15, 0.2) is 127 Å². The molecule has 15 atom stereocenters. The van der Waals surface area contributed by atoms with E-state index in [1.165, 1.54) is 0 Å². The van der Waals surface area contributed by atoms with E-state index < -0.39 is 184 Å². The second-order valence-corrected chi connectivity index (χ2v) is 28.0. The second kappa shape index (κ2) is 37.8. The zero-order chi connectivity index (χ0) is 85.9. The zero-order valence-electron chi connectivity index (χ0n) is 66.9. The fraction of sp³-hybridized carbons (Fsp3) is 0.349. The summed E-state index contributed by atoms with van der Waals surface area (Å²) in [6.07, 6.45) is -14.9. The lowest BCUT2D eigenvalue weighted by Crippen LogP contribution is -2.63. The van der Waals surface area contributed by atoms with Gasteiger partial charge in [0.1, 0.15) is 55.4 Å². The van der Waals surface area contributed by atoms with Crippen molar-refractivity contribution in [2.45, 2.75) is 175 Å². The van der Waals surface area contributed by atoms with Crippen molar-refractivity contribution >= 4 is 118 Å². The number of nitrogens with one attached hydrogen (secondary N) is 2. The van der Waals surface area contributed by atoms with Gasteiger partial charge in [0.2, 0.25) is 37.2 Å². The Balaban J connectivity index is 1.03. The molecular weight excluding hydrogens is 1570 g/mol. The van der Waals surface area contributed by atoms with E-state index in [0.717, 1.165) is 88.6 Å². The highest BCUT2D eigenvalue weighted by Crippen LogP contribution is 2.42. The van der Waals surface area contributed by atoms with Gasteiger partial charge in [0.25, 0.3) is 0 Å². The van der Waals surface area contributed by atoms with E-state index in [-0.39, 0.29) is 17.2 Å². The molecule has 5 aliphatic rings. The van der Waals surface area contributed by atoms with E-state index in [9.17, 15) is 57.5 Å². The first-order valence-electron chi connectivity index (χ1n) is 37.8. The van der Waals surface area contributed by atoms with Crippen LogP contribution in [-0.4, -0.2) is 204 Å². The Labute approximate surface area is 684 Å². The van der Waals surface area contributed by atoms with Crippen molar-refractivity contribution in [2.75, 3.05) is 19.8 Å². The average molecular weight is 1650 g/mol. The first kappa shape index (κ1) is 85.8. The predicted octanol–water partition coefficient (Wildman–Crippen LogP) is 9.71. The molecule has 0 amide bonds. The summed E-state index contributed by atoms with van der Waals surface area (Å²) >= 11 is 0. The van der Waals surface area contributed by atoms with E-state index in [0.29, 0.717) is 83.8 Å². The molecule has 4 aromatic carbocycles. The molecule has 0 spiro atoms. The average Bonchev–Trinajstić information content (AvgIpc) is 1.65. The third kappa shape index (κ3) is 20.8. The number of rotatable bonds is 25. The molecule has 628 valence electrons. The van der Waals surface area contributed by atoms with Gasteiger partial charge in [-0.05, 0) is 107 Å². The largest absolute Gasteiger partial charge is 0.463 e. The molecule has 3 fully saturated rings. The number of benzene rings is 4. The van der Waals surface area contributed by atoms with Gasteiger partial charge in [-0.15, -0.1) is 0 Å². The maximum absolute atomic E-state index is 12.9. The lowest BCUT2D eigenvalue weighted by Gasteiger charge is -2.43. The van der Waals surface area contributed by atoms with E-state index >= 15 is 0 Å². The highest BCUT2D eigenvalue weighted by atomic mass is 16.8. The molecule has 8 bridgehead atoms. The summed E-state index contributed by atoms with van der Waals surface area (Å²) < 4.78 is 105. The first-order chi connectivity index (χ1) is 57.3. The quantitative estimate of drug-likeness (QED) is 0.0397. The Morgan fingerprint density at radius 1 is 0.267 bits per heavy atom. The zero-order valence-corrected chi connectivity index (χ0v) is 66.9. The molecule has 0 radical (unpaired) electrons. The number of aromatic amines is 2. The van der Waals surface area contributed by atoms with E-state index in [2.05, 4.69) is 9.97 Å². The maximum Gasteiger partial charge on any atom is 0.303 e. The smallest absolute Gasteiger partial charge is 0.303 e. The summed E-state index contributed by atoms with van der Waals surface area (Å²) in [6.45, 7) is 11.9. The number of carbonyl (C=O) groups is 12. The van der Waals surface area contributed by atoms with Crippen molar-refractivity contribution in [1.82, 2.24) is 19.9 Å². The van der Waals surface area contributed by atoms with Crippen molar-refractivity contribution in [1.29, 1.82) is 0 Å². The molecule has 0 aliphatic carbocycles. The topological polar surface area (TPSA) is 428 Å². The highest BCUT2D eigenvalue weighted by molar-refractivity contribution is 6.00. The monoisotopic (exact) mass is 1650 g/mol. The lowest BCUT2D eigenvalue weighted by molar-refractivity contribution is -0.288. The van der Waals surface area contributed by atoms with Gasteiger partial charge in [-0.1, -0.05) is 66.7 Å². The van der Waals surface area contributed by atoms with Crippen LogP contribution in [0.5, 0.6) is 17.2 Å². The molecule has 8 heterocycles. The summed E-state index contributed by atoms with van der Waals surface area (Å²) in [6, 6.07) is 37.1. The number of hydrogen-bond acceptors (Lipinski definition) is 32. The number of H-pyrrole nitrogens is 2. The Morgan fingerprint density at radius 3 is 0.708 bits per heavy atom. The van der Waals surface area contributed by atoms with Crippen LogP contribution < -0.4 is 14.2 Å². The summed E-state index contributed by atoms with van der Waals surface area (Å²) in [7, 11) is 0. The Hall–Kier alpha value is -13.6. The van der Waals surface area contributed by atoms with E-state index in [1.54, 1.807) is 72.8 Å². The Kier molecular flexibility index (Phi) is 27.0. The molecule has 7 aromatic rings. The minimum Gasteiger partial charge on any atom is -0.463 e. The molecule has 34 heteroatoms. The maximum atomic E-state index is 12.9. The molecule has 3 saturated heterocycles. The first-order valence-corrected chi connectivity index (χ1v) is 37.8.